The molecule has 2 fully saturated rings. The molecule has 1 saturated carbocycles. The topological polar surface area (TPSA) is 24.1 Å². The van der Waals surface area contributed by atoms with E-state index in [-0.39, 0.29) is 0 Å². The molecule has 0 aromatic carbocycles. The molecule has 1 atom stereocenters. The Morgan fingerprint density at radius 2 is 1.81 bits per heavy atom. The van der Waals surface area contributed by atoms with Gasteiger partial charge >= 0.3 is 0 Å². The van der Waals surface area contributed by atoms with E-state index in [1.54, 1.807) is 0 Å². The Kier molecular flexibility index (Phi) is 5.64. The van der Waals surface area contributed by atoms with Crippen molar-refractivity contribution in [2.45, 2.75) is 63.8 Å². The van der Waals surface area contributed by atoms with Crippen molar-refractivity contribution in [2.24, 2.45) is 5.92 Å². The molecule has 1 saturated heterocycles. The van der Waals surface area contributed by atoms with Gasteiger partial charge in [0.15, 0.2) is 0 Å². The third-order valence-corrected chi connectivity index (χ3v) is 4.24. The molecular formula is C14H28N2. The van der Waals surface area contributed by atoms with E-state index < -0.39 is 0 Å². The van der Waals surface area contributed by atoms with Crippen LogP contribution in [0.15, 0.2) is 0 Å². The predicted molar refractivity (Wildman–Crippen MR) is 69.7 cm³/mol. The minimum atomic E-state index is 0.837. The summed E-state index contributed by atoms with van der Waals surface area (Å²) >= 11 is 0. The van der Waals surface area contributed by atoms with E-state index in [1.807, 2.05) is 0 Å². The maximum absolute atomic E-state index is 3.77. The SMILES string of the molecule is C1CCCC(NCCCC2CCNC2)CC1. The molecule has 2 nitrogen and oxygen atoms in total. The zero-order valence-electron chi connectivity index (χ0n) is 10.6. The lowest BCUT2D eigenvalue weighted by atomic mass is 10.0. The summed E-state index contributed by atoms with van der Waals surface area (Å²) in [5.74, 6) is 0.968. The third-order valence-electron chi connectivity index (χ3n) is 4.24. The second kappa shape index (κ2) is 7.29. The smallest absolute Gasteiger partial charge is 0.00670 e. The maximum Gasteiger partial charge on any atom is 0.00670 e. The van der Waals surface area contributed by atoms with Crippen LogP contribution < -0.4 is 10.6 Å². The second-order valence-corrected chi connectivity index (χ2v) is 5.64. The molecule has 16 heavy (non-hydrogen) atoms. The molecule has 2 heteroatoms. The molecule has 94 valence electrons. The summed E-state index contributed by atoms with van der Waals surface area (Å²) in [6.45, 7) is 3.77. The van der Waals surface area contributed by atoms with Gasteiger partial charge in [0.25, 0.3) is 0 Å². The zero-order valence-corrected chi connectivity index (χ0v) is 10.6. The summed E-state index contributed by atoms with van der Waals surface area (Å²) in [7, 11) is 0. The first-order valence-electron chi connectivity index (χ1n) is 7.39. The molecule has 1 aliphatic heterocycles. The molecule has 2 aliphatic rings. The Bertz CT molecular complexity index is 168. The highest BCUT2D eigenvalue weighted by Crippen LogP contribution is 2.18. The van der Waals surface area contributed by atoms with Crippen LogP contribution in [0.1, 0.15) is 57.8 Å². The summed E-state index contributed by atoms with van der Waals surface area (Å²) in [5.41, 5.74) is 0. The van der Waals surface area contributed by atoms with Crippen molar-refractivity contribution in [3.63, 3.8) is 0 Å². The molecule has 1 aliphatic carbocycles. The van der Waals surface area contributed by atoms with Crippen molar-refractivity contribution in [3.8, 4) is 0 Å². The van der Waals surface area contributed by atoms with Gasteiger partial charge in [0, 0.05) is 6.04 Å². The molecule has 0 spiro atoms. The molecule has 1 heterocycles. The Labute approximate surface area is 101 Å². The van der Waals surface area contributed by atoms with Crippen molar-refractivity contribution < 1.29 is 0 Å². The molecule has 0 bridgehead atoms. The predicted octanol–water partition coefficient (Wildman–Crippen LogP) is 2.69. The lowest BCUT2D eigenvalue weighted by Gasteiger charge is -2.16. The molecular weight excluding hydrogens is 196 g/mol. The second-order valence-electron chi connectivity index (χ2n) is 5.64. The number of rotatable bonds is 5. The molecule has 0 radical (unpaired) electrons. The first kappa shape index (κ1) is 12.4. The van der Waals surface area contributed by atoms with Crippen LogP contribution in [0.25, 0.3) is 0 Å². The van der Waals surface area contributed by atoms with E-state index in [2.05, 4.69) is 10.6 Å². The number of hydrogen-bond acceptors (Lipinski definition) is 2. The van der Waals surface area contributed by atoms with Crippen molar-refractivity contribution >= 4 is 0 Å². The van der Waals surface area contributed by atoms with Gasteiger partial charge in [0.2, 0.25) is 0 Å². The Morgan fingerprint density at radius 3 is 2.50 bits per heavy atom. The van der Waals surface area contributed by atoms with Crippen molar-refractivity contribution in [1.82, 2.24) is 10.6 Å². The van der Waals surface area contributed by atoms with Crippen LogP contribution in [0.5, 0.6) is 0 Å². The van der Waals surface area contributed by atoms with E-state index in [9.17, 15) is 0 Å². The van der Waals surface area contributed by atoms with Gasteiger partial charge in [-0.25, -0.2) is 0 Å². The lowest BCUT2D eigenvalue weighted by Crippen LogP contribution is -2.29. The maximum atomic E-state index is 3.77. The normalized spacial score (nSPS) is 28.1. The molecule has 0 aromatic heterocycles. The average molecular weight is 224 g/mol. The van der Waals surface area contributed by atoms with Crippen LogP contribution in [-0.4, -0.2) is 25.7 Å². The largest absolute Gasteiger partial charge is 0.316 e. The molecule has 2 rings (SSSR count). The van der Waals surface area contributed by atoms with Crippen LogP contribution >= 0.6 is 0 Å². The van der Waals surface area contributed by atoms with Crippen LogP contribution in [0.2, 0.25) is 0 Å². The van der Waals surface area contributed by atoms with E-state index >= 15 is 0 Å². The van der Waals surface area contributed by atoms with Crippen LogP contribution in [0, 0.1) is 5.92 Å². The zero-order chi connectivity index (χ0) is 11.1. The van der Waals surface area contributed by atoms with E-state index in [1.165, 1.54) is 77.4 Å². The fourth-order valence-electron chi connectivity index (χ4n) is 3.14. The first-order chi connectivity index (χ1) is 7.95. The quantitative estimate of drug-likeness (QED) is 0.554. The standard InChI is InChI=1S/C14H28N2/c1-2-4-8-14(7-3-1)16-10-5-6-13-9-11-15-12-13/h13-16H,1-12H2. The fourth-order valence-corrected chi connectivity index (χ4v) is 3.14. The minimum Gasteiger partial charge on any atom is -0.316 e. The van der Waals surface area contributed by atoms with Gasteiger partial charge in [-0.3, -0.25) is 0 Å². The minimum absolute atomic E-state index is 0.837. The summed E-state index contributed by atoms with van der Waals surface area (Å²) in [5, 5.41) is 7.22. The highest BCUT2D eigenvalue weighted by Gasteiger charge is 2.14. The van der Waals surface area contributed by atoms with Crippen LogP contribution in [0.4, 0.5) is 0 Å². The number of hydrogen-bond donors (Lipinski definition) is 2. The van der Waals surface area contributed by atoms with E-state index in [4.69, 9.17) is 0 Å². The van der Waals surface area contributed by atoms with Gasteiger partial charge in [0.1, 0.15) is 0 Å². The Morgan fingerprint density at radius 1 is 1.00 bits per heavy atom. The highest BCUT2D eigenvalue weighted by atomic mass is 14.9. The third kappa shape index (κ3) is 4.42. The average Bonchev–Trinajstić information content (AvgIpc) is 2.68. The highest BCUT2D eigenvalue weighted by molar-refractivity contribution is 4.73. The van der Waals surface area contributed by atoms with Gasteiger partial charge < -0.3 is 10.6 Å². The van der Waals surface area contributed by atoms with Crippen molar-refractivity contribution in [1.29, 1.82) is 0 Å². The first-order valence-corrected chi connectivity index (χ1v) is 7.39. The van der Waals surface area contributed by atoms with Gasteiger partial charge in [-0.1, -0.05) is 25.7 Å². The monoisotopic (exact) mass is 224 g/mol. The van der Waals surface area contributed by atoms with Crippen molar-refractivity contribution in [3.05, 3.63) is 0 Å². The summed E-state index contributed by atoms with van der Waals surface area (Å²) < 4.78 is 0. The summed E-state index contributed by atoms with van der Waals surface area (Å²) in [4.78, 5) is 0. The summed E-state index contributed by atoms with van der Waals surface area (Å²) in [6, 6.07) is 0.837. The molecule has 1 unspecified atom stereocenters. The fraction of sp³-hybridized carbons (Fsp3) is 1.00. The van der Waals surface area contributed by atoms with Gasteiger partial charge in [0.05, 0.1) is 0 Å². The van der Waals surface area contributed by atoms with E-state index in [0.29, 0.717) is 0 Å². The Hall–Kier alpha value is -0.0800. The van der Waals surface area contributed by atoms with Crippen LogP contribution in [0.3, 0.4) is 0 Å². The molecule has 2 N–H and O–H groups in total. The van der Waals surface area contributed by atoms with E-state index in [0.717, 1.165) is 12.0 Å². The molecule has 0 amide bonds. The van der Waals surface area contributed by atoms with Gasteiger partial charge in [-0.2, -0.15) is 0 Å². The van der Waals surface area contributed by atoms with Gasteiger partial charge in [-0.15, -0.1) is 0 Å². The Balaban J connectivity index is 1.49. The van der Waals surface area contributed by atoms with Gasteiger partial charge in [-0.05, 0) is 57.7 Å². The van der Waals surface area contributed by atoms with Crippen molar-refractivity contribution in [2.75, 3.05) is 19.6 Å². The molecule has 0 aromatic rings. The van der Waals surface area contributed by atoms with Crippen LogP contribution in [-0.2, 0) is 0 Å². The number of nitrogens with one attached hydrogen (secondary N) is 2. The lowest BCUT2D eigenvalue weighted by molar-refractivity contribution is 0.429. The summed E-state index contributed by atoms with van der Waals surface area (Å²) in [6.07, 6.45) is 12.9.